The Kier molecular flexibility index (Phi) is 8.23. The van der Waals surface area contributed by atoms with Crippen LogP contribution in [-0.2, 0) is 0 Å². The molecule has 0 aliphatic rings. The average molecular weight is 325 g/mol. The Morgan fingerprint density at radius 3 is 1.25 bits per heavy atom. The van der Waals surface area contributed by atoms with Crippen LogP contribution in [0.5, 0.6) is 0 Å². The smallest absolute Gasteiger partial charge is 0.0366 e. The molecule has 0 N–H and O–H groups in total. The van der Waals surface area contributed by atoms with E-state index >= 15 is 0 Å². The molecule has 0 bridgehead atoms. The molecule has 2 aromatic rings. The van der Waals surface area contributed by atoms with Gasteiger partial charge in [0.15, 0.2) is 0 Å². The molecule has 2 heteroatoms. The second kappa shape index (κ2) is 10.7. The summed E-state index contributed by atoms with van der Waals surface area (Å²) >= 11 is 0. The van der Waals surface area contributed by atoms with Crippen molar-refractivity contribution in [1.82, 2.24) is 0 Å². The topological polar surface area (TPSA) is 6.48 Å². The SMILES string of the molecule is CCN(CCCCCCN(CC)c1ccccc1)c1ccccc1. The van der Waals surface area contributed by atoms with Crippen molar-refractivity contribution in [1.29, 1.82) is 0 Å². The molecule has 0 aliphatic carbocycles. The van der Waals surface area contributed by atoms with E-state index in [0.29, 0.717) is 0 Å². The van der Waals surface area contributed by atoms with E-state index in [0.717, 1.165) is 26.2 Å². The molecule has 0 spiro atoms. The number of hydrogen-bond donors (Lipinski definition) is 0. The summed E-state index contributed by atoms with van der Waals surface area (Å²) in [7, 11) is 0. The van der Waals surface area contributed by atoms with E-state index in [4.69, 9.17) is 0 Å². The van der Waals surface area contributed by atoms with Crippen LogP contribution in [0.15, 0.2) is 60.7 Å². The van der Waals surface area contributed by atoms with Crippen LogP contribution in [0.2, 0.25) is 0 Å². The average Bonchev–Trinajstić information content (AvgIpc) is 2.66. The largest absolute Gasteiger partial charge is 0.372 e. The third-order valence-corrected chi connectivity index (χ3v) is 4.61. The van der Waals surface area contributed by atoms with E-state index in [1.165, 1.54) is 37.1 Å². The van der Waals surface area contributed by atoms with Crippen LogP contribution < -0.4 is 9.80 Å². The number of nitrogens with zero attached hydrogens (tertiary/aromatic N) is 2. The molecular weight excluding hydrogens is 292 g/mol. The highest BCUT2D eigenvalue weighted by molar-refractivity contribution is 5.46. The van der Waals surface area contributed by atoms with Gasteiger partial charge in [-0.15, -0.1) is 0 Å². The van der Waals surface area contributed by atoms with Gasteiger partial charge in [-0.05, 0) is 51.0 Å². The minimum absolute atomic E-state index is 1.08. The van der Waals surface area contributed by atoms with Gasteiger partial charge in [-0.3, -0.25) is 0 Å². The zero-order valence-electron chi connectivity index (χ0n) is 15.3. The lowest BCUT2D eigenvalue weighted by Crippen LogP contribution is -2.24. The summed E-state index contributed by atoms with van der Waals surface area (Å²) in [5.41, 5.74) is 2.70. The first kappa shape index (κ1) is 18.4. The zero-order chi connectivity index (χ0) is 17.0. The maximum Gasteiger partial charge on any atom is 0.0366 e. The van der Waals surface area contributed by atoms with Gasteiger partial charge in [0.05, 0.1) is 0 Å². The number of benzene rings is 2. The Hall–Kier alpha value is -1.96. The number of rotatable bonds is 11. The number of para-hydroxylation sites is 2. The molecule has 130 valence electrons. The molecule has 0 aromatic heterocycles. The Morgan fingerprint density at radius 1 is 0.542 bits per heavy atom. The Morgan fingerprint density at radius 2 is 0.917 bits per heavy atom. The van der Waals surface area contributed by atoms with Crippen LogP contribution >= 0.6 is 0 Å². The Balaban J connectivity index is 1.64. The predicted octanol–water partition coefficient (Wildman–Crippen LogP) is 5.60. The fourth-order valence-corrected chi connectivity index (χ4v) is 3.18. The lowest BCUT2D eigenvalue weighted by molar-refractivity contribution is 0.619. The third-order valence-electron chi connectivity index (χ3n) is 4.61. The van der Waals surface area contributed by atoms with Crippen LogP contribution in [0, 0.1) is 0 Å². The summed E-state index contributed by atoms with van der Waals surface area (Å²) in [6.45, 7) is 8.98. The van der Waals surface area contributed by atoms with Crippen molar-refractivity contribution in [3.8, 4) is 0 Å². The van der Waals surface area contributed by atoms with Crippen molar-refractivity contribution in [3.63, 3.8) is 0 Å². The first-order chi connectivity index (χ1) is 11.8. The van der Waals surface area contributed by atoms with Gasteiger partial charge in [0.25, 0.3) is 0 Å². The van der Waals surface area contributed by atoms with Crippen LogP contribution in [0.1, 0.15) is 39.5 Å². The second-order valence-corrected chi connectivity index (χ2v) is 6.24. The quantitative estimate of drug-likeness (QED) is 0.496. The van der Waals surface area contributed by atoms with Gasteiger partial charge >= 0.3 is 0 Å². The van der Waals surface area contributed by atoms with E-state index in [-0.39, 0.29) is 0 Å². The molecule has 0 saturated heterocycles. The standard InChI is InChI=1S/C22H32N2/c1-3-23(21-15-9-7-10-16-21)19-13-5-6-14-20-24(4-2)22-17-11-8-12-18-22/h7-12,15-18H,3-6,13-14,19-20H2,1-2H3. The van der Waals surface area contributed by atoms with Crippen LogP contribution in [0.4, 0.5) is 11.4 Å². The summed E-state index contributed by atoms with van der Waals surface area (Å²) in [4.78, 5) is 4.95. The number of unbranched alkanes of at least 4 members (excludes halogenated alkanes) is 3. The second-order valence-electron chi connectivity index (χ2n) is 6.24. The fraction of sp³-hybridized carbons (Fsp3) is 0.455. The number of hydrogen-bond acceptors (Lipinski definition) is 2. The van der Waals surface area contributed by atoms with Gasteiger partial charge in [0.1, 0.15) is 0 Å². The molecule has 24 heavy (non-hydrogen) atoms. The van der Waals surface area contributed by atoms with Crippen molar-refractivity contribution in [2.24, 2.45) is 0 Å². The molecule has 0 fully saturated rings. The van der Waals surface area contributed by atoms with E-state index < -0.39 is 0 Å². The summed E-state index contributed by atoms with van der Waals surface area (Å²) in [6.07, 6.45) is 5.19. The molecule has 0 radical (unpaired) electrons. The van der Waals surface area contributed by atoms with Gasteiger partial charge in [-0.2, -0.15) is 0 Å². The minimum atomic E-state index is 1.08. The van der Waals surface area contributed by atoms with Crippen molar-refractivity contribution in [3.05, 3.63) is 60.7 Å². The predicted molar refractivity (Wildman–Crippen MR) is 107 cm³/mol. The zero-order valence-corrected chi connectivity index (χ0v) is 15.3. The van der Waals surface area contributed by atoms with Gasteiger partial charge in [-0.1, -0.05) is 49.2 Å². The molecule has 0 unspecified atom stereocenters. The van der Waals surface area contributed by atoms with Crippen molar-refractivity contribution < 1.29 is 0 Å². The van der Waals surface area contributed by atoms with Crippen molar-refractivity contribution >= 4 is 11.4 Å². The third kappa shape index (κ3) is 5.92. The fourth-order valence-electron chi connectivity index (χ4n) is 3.18. The minimum Gasteiger partial charge on any atom is -0.372 e. The molecule has 0 amide bonds. The van der Waals surface area contributed by atoms with E-state index in [9.17, 15) is 0 Å². The van der Waals surface area contributed by atoms with Gasteiger partial charge < -0.3 is 9.80 Å². The molecule has 2 nitrogen and oxygen atoms in total. The lowest BCUT2D eigenvalue weighted by Gasteiger charge is -2.24. The Labute approximate surface area is 148 Å². The summed E-state index contributed by atoms with van der Waals surface area (Å²) < 4.78 is 0. The highest BCUT2D eigenvalue weighted by atomic mass is 15.1. The van der Waals surface area contributed by atoms with Gasteiger partial charge in [0, 0.05) is 37.6 Å². The molecule has 2 rings (SSSR count). The molecule has 0 heterocycles. The maximum atomic E-state index is 2.47. The molecule has 0 atom stereocenters. The van der Waals surface area contributed by atoms with E-state index in [2.05, 4.69) is 84.3 Å². The number of anilines is 2. The first-order valence-electron chi connectivity index (χ1n) is 9.45. The van der Waals surface area contributed by atoms with E-state index in [1.54, 1.807) is 0 Å². The summed E-state index contributed by atoms with van der Waals surface area (Å²) in [5.74, 6) is 0. The van der Waals surface area contributed by atoms with Crippen molar-refractivity contribution in [2.75, 3.05) is 36.0 Å². The van der Waals surface area contributed by atoms with E-state index in [1.807, 2.05) is 0 Å². The Bertz CT molecular complexity index is 487. The highest BCUT2D eigenvalue weighted by Crippen LogP contribution is 2.16. The summed E-state index contributed by atoms with van der Waals surface area (Å²) in [6, 6.07) is 21.5. The highest BCUT2D eigenvalue weighted by Gasteiger charge is 2.04. The monoisotopic (exact) mass is 324 g/mol. The maximum absolute atomic E-state index is 2.47. The molecular formula is C22H32N2. The molecule has 0 saturated carbocycles. The summed E-state index contributed by atoms with van der Waals surface area (Å²) in [5, 5.41) is 0. The van der Waals surface area contributed by atoms with Crippen LogP contribution in [-0.4, -0.2) is 26.2 Å². The first-order valence-corrected chi connectivity index (χ1v) is 9.45. The van der Waals surface area contributed by atoms with Gasteiger partial charge in [0.2, 0.25) is 0 Å². The molecule has 2 aromatic carbocycles. The lowest BCUT2D eigenvalue weighted by atomic mass is 10.1. The van der Waals surface area contributed by atoms with Crippen LogP contribution in [0.3, 0.4) is 0 Å². The van der Waals surface area contributed by atoms with Crippen molar-refractivity contribution in [2.45, 2.75) is 39.5 Å². The normalized spacial score (nSPS) is 10.6. The molecule has 0 aliphatic heterocycles. The van der Waals surface area contributed by atoms with Gasteiger partial charge in [-0.25, -0.2) is 0 Å². The van der Waals surface area contributed by atoms with Crippen LogP contribution in [0.25, 0.3) is 0 Å².